The summed E-state index contributed by atoms with van der Waals surface area (Å²) in [5.74, 6) is 0.401. The molecule has 0 radical (unpaired) electrons. The van der Waals surface area contributed by atoms with Gasteiger partial charge in [0.1, 0.15) is 11.3 Å². The maximum atomic E-state index is 12.1. The summed E-state index contributed by atoms with van der Waals surface area (Å²) in [7, 11) is 0. The minimum atomic E-state index is -0.144. The Morgan fingerprint density at radius 3 is 2.65 bits per heavy atom. The van der Waals surface area contributed by atoms with Crippen LogP contribution in [0.5, 0.6) is 0 Å². The molecule has 0 spiro atoms. The predicted octanol–water partition coefficient (Wildman–Crippen LogP) is 2.45. The first kappa shape index (κ1) is 15.0. The highest BCUT2D eigenvalue weighted by atomic mass is 16.5. The van der Waals surface area contributed by atoms with Crippen LogP contribution in [-0.2, 0) is 6.42 Å². The molecular weight excluding hydrogens is 292 g/mol. The van der Waals surface area contributed by atoms with Crippen LogP contribution in [0.15, 0.2) is 47.2 Å². The van der Waals surface area contributed by atoms with Gasteiger partial charge in [-0.15, -0.1) is 0 Å². The monoisotopic (exact) mass is 310 g/mol. The SMILES string of the molecule is Cc1noc(C)c1C(=O)NCCc1ccc(-n2cccn2)cc1. The van der Waals surface area contributed by atoms with Crippen molar-refractivity contribution in [1.29, 1.82) is 0 Å². The molecule has 0 bridgehead atoms. The fourth-order valence-corrected chi connectivity index (χ4v) is 2.45. The summed E-state index contributed by atoms with van der Waals surface area (Å²) in [5.41, 5.74) is 3.31. The van der Waals surface area contributed by atoms with Crippen LogP contribution >= 0.6 is 0 Å². The summed E-state index contributed by atoms with van der Waals surface area (Å²) in [4.78, 5) is 12.1. The third-order valence-corrected chi connectivity index (χ3v) is 3.66. The summed E-state index contributed by atoms with van der Waals surface area (Å²) in [6, 6.07) is 9.99. The standard InChI is InChI=1S/C17H18N4O2/c1-12-16(13(2)23-20-12)17(22)18-10-8-14-4-6-15(7-5-14)21-11-3-9-19-21/h3-7,9,11H,8,10H2,1-2H3,(H,18,22). The fourth-order valence-electron chi connectivity index (χ4n) is 2.45. The Hall–Kier alpha value is -2.89. The zero-order chi connectivity index (χ0) is 16.2. The lowest BCUT2D eigenvalue weighted by atomic mass is 10.1. The molecule has 1 aromatic carbocycles. The van der Waals surface area contributed by atoms with E-state index in [1.54, 1.807) is 20.0 Å². The molecule has 0 atom stereocenters. The molecule has 2 aromatic heterocycles. The second kappa shape index (κ2) is 6.48. The van der Waals surface area contributed by atoms with E-state index in [-0.39, 0.29) is 5.91 Å². The molecule has 118 valence electrons. The third kappa shape index (κ3) is 3.31. The van der Waals surface area contributed by atoms with Crippen LogP contribution in [0.1, 0.15) is 27.4 Å². The first-order valence-electron chi connectivity index (χ1n) is 7.45. The van der Waals surface area contributed by atoms with Crippen molar-refractivity contribution in [1.82, 2.24) is 20.3 Å². The van der Waals surface area contributed by atoms with Gasteiger partial charge in [0.25, 0.3) is 5.91 Å². The van der Waals surface area contributed by atoms with E-state index in [9.17, 15) is 4.79 Å². The molecule has 0 saturated carbocycles. The summed E-state index contributed by atoms with van der Waals surface area (Å²) < 4.78 is 6.82. The molecule has 23 heavy (non-hydrogen) atoms. The molecule has 2 heterocycles. The van der Waals surface area contributed by atoms with Gasteiger partial charge in [0.2, 0.25) is 0 Å². The van der Waals surface area contributed by atoms with Gasteiger partial charge in [-0.25, -0.2) is 4.68 Å². The van der Waals surface area contributed by atoms with Gasteiger partial charge in [-0.1, -0.05) is 17.3 Å². The molecule has 0 saturated heterocycles. The highest BCUT2D eigenvalue weighted by Crippen LogP contribution is 2.12. The number of carbonyl (C=O) groups is 1. The second-order valence-electron chi connectivity index (χ2n) is 5.32. The van der Waals surface area contributed by atoms with Crippen LogP contribution in [0.3, 0.4) is 0 Å². The van der Waals surface area contributed by atoms with Crippen LogP contribution in [0.25, 0.3) is 5.69 Å². The smallest absolute Gasteiger partial charge is 0.256 e. The van der Waals surface area contributed by atoms with Gasteiger partial charge in [0.05, 0.1) is 11.4 Å². The Balaban J connectivity index is 1.56. The predicted molar refractivity (Wildman–Crippen MR) is 85.6 cm³/mol. The first-order valence-corrected chi connectivity index (χ1v) is 7.45. The van der Waals surface area contributed by atoms with E-state index >= 15 is 0 Å². The van der Waals surface area contributed by atoms with E-state index in [1.165, 1.54) is 0 Å². The van der Waals surface area contributed by atoms with Crippen molar-refractivity contribution in [3.05, 3.63) is 65.3 Å². The molecule has 6 heteroatoms. The van der Waals surface area contributed by atoms with Gasteiger partial charge in [0.15, 0.2) is 0 Å². The Labute approximate surface area is 134 Å². The molecule has 0 aliphatic carbocycles. The summed E-state index contributed by atoms with van der Waals surface area (Å²) in [6.07, 6.45) is 4.41. The highest BCUT2D eigenvalue weighted by Gasteiger charge is 2.16. The number of benzene rings is 1. The zero-order valence-electron chi connectivity index (χ0n) is 13.1. The average Bonchev–Trinajstić information content (AvgIpc) is 3.18. The molecule has 0 unspecified atom stereocenters. The lowest BCUT2D eigenvalue weighted by molar-refractivity contribution is 0.0952. The Kier molecular flexibility index (Phi) is 4.23. The Morgan fingerprint density at radius 2 is 2.04 bits per heavy atom. The topological polar surface area (TPSA) is 73.0 Å². The number of nitrogens with one attached hydrogen (secondary N) is 1. The molecular formula is C17H18N4O2. The number of amides is 1. The lowest BCUT2D eigenvalue weighted by Crippen LogP contribution is -2.26. The molecule has 1 amide bonds. The van der Waals surface area contributed by atoms with Crippen molar-refractivity contribution < 1.29 is 9.32 Å². The van der Waals surface area contributed by atoms with Gasteiger partial charge >= 0.3 is 0 Å². The van der Waals surface area contributed by atoms with Gasteiger partial charge in [-0.3, -0.25) is 4.79 Å². The maximum Gasteiger partial charge on any atom is 0.256 e. The van der Waals surface area contributed by atoms with Gasteiger partial charge < -0.3 is 9.84 Å². The molecule has 0 aliphatic heterocycles. The number of nitrogens with zero attached hydrogens (tertiary/aromatic N) is 3. The van der Waals surface area contributed by atoms with Crippen LogP contribution in [-0.4, -0.2) is 27.4 Å². The largest absolute Gasteiger partial charge is 0.361 e. The quantitative estimate of drug-likeness (QED) is 0.785. The van der Waals surface area contributed by atoms with Crippen LogP contribution in [0, 0.1) is 13.8 Å². The number of hydrogen-bond acceptors (Lipinski definition) is 4. The molecule has 3 aromatic rings. The van der Waals surface area contributed by atoms with Crippen LogP contribution in [0.4, 0.5) is 0 Å². The molecule has 3 rings (SSSR count). The van der Waals surface area contributed by atoms with Gasteiger partial charge in [0, 0.05) is 18.9 Å². The van der Waals surface area contributed by atoms with Crippen molar-refractivity contribution >= 4 is 5.91 Å². The first-order chi connectivity index (χ1) is 11.1. The normalized spacial score (nSPS) is 10.7. The average molecular weight is 310 g/mol. The van der Waals surface area contributed by atoms with E-state index in [4.69, 9.17) is 4.52 Å². The molecule has 0 aliphatic rings. The Morgan fingerprint density at radius 1 is 1.26 bits per heavy atom. The number of hydrogen-bond donors (Lipinski definition) is 1. The zero-order valence-corrected chi connectivity index (χ0v) is 13.1. The van der Waals surface area contributed by atoms with Crippen molar-refractivity contribution in [2.45, 2.75) is 20.3 Å². The number of carbonyl (C=O) groups excluding carboxylic acids is 1. The van der Waals surface area contributed by atoms with Crippen LogP contribution in [0.2, 0.25) is 0 Å². The van der Waals surface area contributed by atoms with Gasteiger partial charge in [-0.2, -0.15) is 5.10 Å². The van der Waals surface area contributed by atoms with E-state index in [0.29, 0.717) is 23.6 Å². The maximum absolute atomic E-state index is 12.1. The third-order valence-electron chi connectivity index (χ3n) is 3.66. The summed E-state index contributed by atoms with van der Waals surface area (Å²) >= 11 is 0. The van der Waals surface area contributed by atoms with Crippen LogP contribution < -0.4 is 5.32 Å². The second-order valence-corrected chi connectivity index (χ2v) is 5.32. The fraction of sp³-hybridized carbons (Fsp3) is 0.235. The Bertz CT molecular complexity index is 769. The molecule has 1 N–H and O–H groups in total. The van der Waals surface area contributed by atoms with E-state index < -0.39 is 0 Å². The van der Waals surface area contributed by atoms with E-state index in [1.807, 2.05) is 41.2 Å². The van der Waals surface area contributed by atoms with E-state index in [2.05, 4.69) is 15.6 Å². The minimum absolute atomic E-state index is 0.144. The summed E-state index contributed by atoms with van der Waals surface area (Å²) in [5, 5.41) is 10.9. The van der Waals surface area contributed by atoms with Crippen molar-refractivity contribution in [2.24, 2.45) is 0 Å². The van der Waals surface area contributed by atoms with Crippen molar-refractivity contribution in [2.75, 3.05) is 6.54 Å². The number of aromatic nitrogens is 3. The minimum Gasteiger partial charge on any atom is -0.361 e. The van der Waals surface area contributed by atoms with Crippen molar-refractivity contribution in [3.63, 3.8) is 0 Å². The molecule has 6 nitrogen and oxygen atoms in total. The highest BCUT2D eigenvalue weighted by molar-refractivity contribution is 5.96. The van der Waals surface area contributed by atoms with E-state index in [0.717, 1.165) is 17.7 Å². The number of aryl methyl sites for hydroxylation is 2. The summed E-state index contributed by atoms with van der Waals surface area (Å²) in [6.45, 7) is 4.06. The number of rotatable bonds is 5. The van der Waals surface area contributed by atoms with Gasteiger partial charge in [-0.05, 0) is 44.0 Å². The molecule has 0 fully saturated rings. The van der Waals surface area contributed by atoms with Crippen molar-refractivity contribution in [3.8, 4) is 5.69 Å². The lowest BCUT2D eigenvalue weighted by Gasteiger charge is -2.06.